The Kier molecular flexibility index (Phi) is 9.47. The Labute approximate surface area is 298 Å². The van der Waals surface area contributed by atoms with Crippen molar-refractivity contribution in [2.45, 2.75) is 45.4 Å². The highest BCUT2D eigenvalue weighted by molar-refractivity contribution is 6.08. The average Bonchev–Trinajstić information content (AvgIpc) is 3.67. The molecule has 0 amide bonds. The van der Waals surface area contributed by atoms with E-state index < -0.39 is 0 Å². The zero-order chi connectivity index (χ0) is 34.4. The number of ether oxygens (including phenoxy) is 3. The van der Waals surface area contributed by atoms with E-state index in [0.717, 1.165) is 55.8 Å². The van der Waals surface area contributed by atoms with Crippen molar-refractivity contribution in [2.75, 3.05) is 13.2 Å². The summed E-state index contributed by atoms with van der Waals surface area (Å²) in [5.74, 6) is 2.46. The maximum Gasteiger partial charge on any atom is 0.123 e. The van der Waals surface area contributed by atoms with E-state index in [-0.39, 0.29) is 5.75 Å². The summed E-state index contributed by atoms with van der Waals surface area (Å²) >= 11 is 0. The largest absolute Gasteiger partial charge is 0.508 e. The van der Waals surface area contributed by atoms with Crippen molar-refractivity contribution in [3.63, 3.8) is 0 Å². The van der Waals surface area contributed by atoms with Gasteiger partial charge in [-0.3, -0.25) is 0 Å². The summed E-state index contributed by atoms with van der Waals surface area (Å²) in [4.78, 5) is 0. The molecule has 0 spiro atoms. The van der Waals surface area contributed by atoms with Crippen LogP contribution < -0.4 is 14.2 Å². The molecule has 256 valence electrons. The summed E-state index contributed by atoms with van der Waals surface area (Å²) in [6.45, 7) is 3.44. The molecule has 0 saturated carbocycles. The van der Waals surface area contributed by atoms with Crippen LogP contribution in [-0.2, 0) is 19.7 Å². The summed E-state index contributed by atoms with van der Waals surface area (Å²) in [5, 5.41) is 14.9. The van der Waals surface area contributed by atoms with E-state index in [1.807, 2.05) is 18.2 Å². The van der Waals surface area contributed by atoms with Gasteiger partial charge in [-0.1, -0.05) is 72.8 Å². The van der Waals surface area contributed by atoms with E-state index in [1.165, 1.54) is 43.6 Å². The predicted molar refractivity (Wildman–Crippen MR) is 207 cm³/mol. The van der Waals surface area contributed by atoms with Crippen LogP contribution in [0.3, 0.4) is 0 Å². The molecule has 0 unspecified atom stereocenters. The molecule has 6 nitrogen and oxygen atoms in total. The average molecular weight is 675 g/mol. The van der Waals surface area contributed by atoms with Gasteiger partial charge in [0.05, 0.1) is 13.2 Å². The minimum atomic E-state index is 0.213. The molecule has 51 heavy (non-hydrogen) atoms. The molecular formula is C45H42N2O4. The van der Waals surface area contributed by atoms with E-state index in [2.05, 4.69) is 106 Å². The third-order valence-corrected chi connectivity index (χ3v) is 9.63. The molecule has 8 aromatic rings. The predicted octanol–water partition coefficient (Wildman–Crippen LogP) is 10.9. The van der Waals surface area contributed by atoms with E-state index >= 15 is 0 Å². The lowest BCUT2D eigenvalue weighted by atomic mass is 10.2. The number of unbranched alkanes of at least 4 members (excludes halogenated alkanes) is 2. The van der Waals surface area contributed by atoms with Gasteiger partial charge in [0.1, 0.15) is 29.6 Å². The molecule has 0 aliphatic rings. The number of aryl methyl sites for hydroxylation is 2. The number of phenolic OH excluding ortho intramolecular Hbond substituents is 1. The van der Waals surface area contributed by atoms with Gasteiger partial charge < -0.3 is 28.5 Å². The Balaban J connectivity index is 0.900. The molecule has 0 fully saturated rings. The van der Waals surface area contributed by atoms with Crippen LogP contribution in [0.4, 0.5) is 0 Å². The lowest BCUT2D eigenvalue weighted by Crippen LogP contribution is -2.05. The van der Waals surface area contributed by atoms with Gasteiger partial charge in [0.15, 0.2) is 0 Å². The number of rotatable bonds is 15. The van der Waals surface area contributed by atoms with Gasteiger partial charge in [-0.2, -0.15) is 0 Å². The van der Waals surface area contributed by atoms with Gasteiger partial charge >= 0.3 is 0 Å². The molecule has 0 bridgehead atoms. The number of fused-ring (bicyclic) bond motifs is 6. The second-order valence-electron chi connectivity index (χ2n) is 13.1. The van der Waals surface area contributed by atoms with Gasteiger partial charge in [-0.15, -0.1) is 0 Å². The molecule has 0 aliphatic carbocycles. The highest BCUT2D eigenvalue weighted by Crippen LogP contribution is 2.31. The SMILES string of the molecule is Oc1ccc(OCc2cc(OCCCCn3c4ccccc4c4ccccc43)cc(OCCCCn3c4ccccc4c4ccccc43)c2)cc1. The maximum absolute atomic E-state index is 9.66. The first kappa shape index (κ1) is 32.3. The fraction of sp³-hybridized carbons (Fsp3) is 0.200. The molecule has 2 heterocycles. The quantitative estimate of drug-likeness (QED) is 0.110. The summed E-state index contributed by atoms with van der Waals surface area (Å²) in [5.41, 5.74) is 6.07. The van der Waals surface area contributed by atoms with Crippen molar-refractivity contribution in [3.8, 4) is 23.0 Å². The van der Waals surface area contributed by atoms with Gasteiger partial charge in [0.2, 0.25) is 0 Å². The Morgan fingerprint density at radius 3 is 1.25 bits per heavy atom. The number of aromatic nitrogens is 2. The fourth-order valence-corrected chi connectivity index (χ4v) is 7.20. The summed E-state index contributed by atoms with van der Waals surface area (Å²) < 4.78 is 23.6. The topological polar surface area (TPSA) is 57.8 Å². The number of phenols is 1. The second kappa shape index (κ2) is 14.9. The van der Waals surface area contributed by atoms with Crippen molar-refractivity contribution < 1.29 is 19.3 Å². The Morgan fingerprint density at radius 2 is 0.824 bits per heavy atom. The lowest BCUT2D eigenvalue weighted by molar-refractivity contribution is 0.281. The standard InChI is InChI=1S/C45H42N2O4/c48-34-21-23-35(24-22-34)51-32-33-29-36(49-27-11-9-25-46-42-17-5-1-13-38(42)39-14-2-6-18-43(39)46)31-37(30-33)50-28-12-10-26-47-44-19-7-3-15-40(44)41-16-4-8-20-45(41)47/h1-8,13-24,29-31,48H,9-12,25-28,32H2. The molecule has 0 aliphatic heterocycles. The summed E-state index contributed by atoms with van der Waals surface area (Å²) in [7, 11) is 0. The normalized spacial score (nSPS) is 11.5. The van der Waals surface area contributed by atoms with Crippen LogP contribution in [0.5, 0.6) is 23.0 Å². The van der Waals surface area contributed by atoms with Crippen LogP contribution in [0.1, 0.15) is 31.2 Å². The van der Waals surface area contributed by atoms with Crippen LogP contribution >= 0.6 is 0 Å². The summed E-state index contributed by atoms with van der Waals surface area (Å²) in [6, 6.07) is 47.4. The van der Waals surface area contributed by atoms with Crippen molar-refractivity contribution in [3.05, 3.63) is 145 Å². The van der Waals surface area contributed by atoms with E-state index in [4.69, 9.17) is 14.2 Å². The number of para-hydroxylation sites is 4. The highest BCUT2D eigenvalue weighted by atomic mass is 16.5. The molecule has 6 aromatic carbocycles. The minimum absolute atomic E-state index is 0.213. The Bertz CT molecular complexity index is 2160. The van der Waals surface area contributed by atoms with Crippen LogP contribution in [-0.4, -0.2) is 27.5 Å². The molecular weight excluding hydrogens is 633 g/mol. The third kappa shape index (κ3) is 7.08. The summed E-state index contributed by atoms with van der Waals surface area (Å²) in [6.07, 6.45) is 3.85. The van der Waals surface area contributed by atoms with E-state index in [1.54, 1.807) is 24.3 Å². The van der Waals surface area contributed by atoms with Crippen LogP contribution in [0.2, 0.25) is 0 Å². The van der Waals surface area contributed by atoms with Crippen molar-refractivity contribution >= 4 is 43.6 Å². The molecule has 6 heteroatoms. The van der Waals surface area contributed by atoms with Crippen molar-refractivity contribution in [2.24, 2.45) is 0 Å². The van der Waals surface area contributed by atoms with Crippen LogP contribution in [0, 0.1) is 0 Å². The fourth-order valence-electron chi connectivity index (χ4n) is 7.20. The first-order valence-electron chi connectivity index (χ1n) is 17.9. The number of hydrogen-bond donors (Lipinski definition) is 1. The smallest absolute Gasteiger partial charge is 0.123 e. The zero-order valence-electron chi connectivity index (χ0n) is 28.7. The van der Waals surface area contributed by atoms with Crippen molar-refractivity contribution in [1.29, 1.82) is 0 Å². The number of benzene rings is 6. The molecule has 2 aromatic heterocycles. The molecule has 0 atom stereocenters. The Hall–Kier alpha value is -5.88. The van der Waals surface area contributed by atoms with Gasteiger partial charge in [0.25, 0.3) is 0 Å². The molecule has 8 rings (SSSR count). The number of aromatic hydroxyl groups is 1. The van der Waals surface area contributed by atoms with Gasteiger partial charge in [0, 0.05) is 62.8 Å². The molecule has 0 radical (unpaired) electrons. The number of nitrogens with zero attached hydrogens (tertiary/aromatic N) is 2. The lowest BCUT2D eigenvalue weighted by Gasteiger charge is -2.14. The third-order valence-electron chi connectivity index (χ3n) is 9.63. The van der Waals surface area contributed by atoms with Gasteiger partial charge in [-0.05, 0) is 91.9 Å². The highest BCUT2D eigenvalue weighted by Gasteiger charge is 2.11. The van der Waals surface area contributed by atoms with E-state index in [0.29, 0.717) is 25.6 Å². The van der Waals surface area contributed by atoms with E-state index in [9.17, 15) is 5.11 Å². The molecule has 1 N–H and O–H groups in total. The van der Waals surface area contributed by atoms with Crippen LogP contribution in [0.15, 0.2) is 140 Å². The zero-order valence-corrected chi connectivity index (χ0v) is 28.7. The second-order valence-corrected chi connectivity index (χ2v) is 13.1. The monoisotopic (exact) mass is 674 g/mol. The number of hydrogen-bond acceptors (Lipinski definition) is 4. The van der Waals surface area contributed by atoms with Crippen molar-refractivity contribution in [1.82, 2.24) is 9.13 Å². The van der Waals surface area contributed by atoms with Crippen LogP contribution in [0.25, 0.3) is 43.6 Å². The van der Waals surface area contributed by atoms with Gasteiger partial charge in [-0.25, -0.2) is 0 Å². The first-order chi connectivity index (χ1) is 25.2. The molecule has 0 saturated heterocycles. The maximum atomic E-state index is 9.66. The first-order valence-corrected chi connectivity index (χ1v) is 17.9. The minimum Gasteiger partial charge on any atom is -0.508 e. The Morgan fingerprint density at radius 1 is 0.412 bits per heavy atom.